The Kier molecular flexibility index (Phi) is 3.43. The van der Waals surface area contributed by atoms with Crippen LogP contribution in [0.1, 0.15) is 0 Å². The van der Waals surface area contributed by atoms with Crippen LogP contribution in [0.3, 0.4) is 0 Å². The van der Waals surface area contributed by atoms with Gasteiger partial charge in [0.2, 0.25) is 0 Å². The molecular weight excluding hydrogens is 284 g/mol. The van der Waals surface area contributed by atoms with E-state index in [-0.39, 0.29) is 0 Å². The number of methoxy groups -OCH3 is 1. The van der Waals surface area contributed by atoms with Crippen molar-refractivity contribution in [1.29, 1.82) is 0 Å². The molecule has 0 amide bonds. The van der Waals surface area contributed by atoms with Crippen molar-refractivity contribution in [1.82, 2.24) is 9.97 Å². The van der Waals surface area contributed by atoms with E-state index in [0.29, 0.717) is 16.1 Å². The Morgan fingerprint density at radius 3 is 2.59 bits per heavy atom. The average molecular weight is 295 g/mol. The second kappa shape index (κ2) is 5.01. The van der Waals surface area contributed by atoms with Gasteiger partial charge in [0.05, 0.1) is 7.11 Å². The molecule has 0 aliphatic carbocycles. The summed E-state index contributed by atoms with van der Waals surface area (Å²) in [5.41, 5.74) is 6.56. The molecule has 17 heavy (non-hydrogen) atoms. The van der Waals surface area contributed by atoms with Crippen molar-refractivity contribution in [3.63, 3.8) is 0 Å². The van der Waals surface area contributed by atoms with E-state index in [4.69, 9.17) is 10.5 Å². The van der Waals surface area contributed by atoms with Gasteiger partial charge in [0.15, 0.2) is 0 Å². The molecule has 0 aliphatic rings. The first-order valence-electron chi connectivity index (χ1n) is 4.88. The number of hydrogen-bond donors (Lipinski definition) is 2. The van der Waals surface area contributed by atoms with Crippen molar-refractivity contribution in [2.24, 2.45) is 0 Å². The Bertz CT molecular complexity index is 515. The summed E-state index contributed by atoms with van der Waals surface area (Å²) in [4.78, 5) is 7.96. The molecule has 0 saturated carbocycles. The molecule has 1 aromatic carbocycles. The largest absolute Gasteiger partial charge is 0.497 e. The van der Waals surface area contributed by atoms with Crippen molar-refractivity contribution >= 4 is 33.3 Å². The molecule has 0 radical (unpaired) electrons. The number of ether oxygens (including phenoxy) is 1. The zero-order valence-corrected chi connectivity index (χ0v) is 10.7. The first-order chi connectivity index (χ1) is 8.20. The number of benzene rings is 1. The number of hydrogen-bond acceptors (Lipinski definition) is 5. The molecule has 0 fully saturated rings. The molecule has 3 N–H and O–H groups in total. The highest BCUT2D eigenvalue weighted by Gasteiger charge is 2.05. The molecule has 1 aromatic heterocycles. The van der Waals surface area contributed by atoms with E-state index in [2.05, 4.69) is 31.2 Å². The van der Waals surface area contributed by atoms with Crippen LogP contribution in [0, 0.1) is 0 Å². The summed E-state index contributed by atoms with van der Waals surface area (Å²) in [6.07, 6.45) is 1.41. The van der Waals surface area contributed by atoms with Gasteiger partial charge in [0, 0.05) is 5.69 Å². The Morgan fingerprint density at radius 2 is 1.94 bits per heavy atom. The second-order valence-electron chi connectivity index (χ2n) is 3.27. The fourth-order valence-corrected chi connectivity index (χ4v) is 1.59. The van der Waals surface area contributed by atoms with E-state index in [1.165, 1.54) is 6.33 Å². The maximum atomic E-state index is 5.66. The summed E-state index contributed by atoms with van der Waals surface area (Å²) in [5, 5.41) is 3.13. The van der Waals surface area contributed by atoms with Gasteiger partial charge in [-0.3, -0.25) is 0 Å². The highest BCUT2D eigenvalue weighted by molar-refractivity contribution is 9.10. The summed E-state index contributed by atoms with van der Waals surface area (Å²) in [5.74, 6) is 1.83. The molecule has 0 atom stereocenters. The lowest BCUT2D eigenvalue weighted by atomic mass is 10.3. The topological polar surface area (TPSA) is 73.1 Å². The first-order valence-corrected chi connectivity index (χ1v) is 5.67. The van der Waals surface area contributed by atoms with Gasteiger partial charge in [0.1, 0.15) is 28.2 Å². The first kappa shape index (κ1) is 11.7. The minimum absolute atomic E-state index is 0.399. The lowest BCUT2D eigenvalue weighted by molar-refractivity contribution is 0.415. The number of aromatic nitrogens is 2. The Hall–Kier alpha value is -1.82. The third-order valence-corrected chi connectivity index (χ3v) is 2.95. The van der Waals surface area contributed by atoms with Crippen molar-refractivity contribution in [3.8, 4) is 5.75 Å². The van der Waals surface area contributed by atoms with Crippen molar-refractivity contribution < 1.29 is 4.74 Å². The SMILES string of the molecule is COc1ccc(Nc2ncnc(N)c2Br)cc1. The maximum absolute atomic E-state index is 5.66. The van der Waals surface area contributed by atoms with Crippen molar-refractivity contribution in [2.45, 2.75) is 0 Å². The van der Waals surface area contributed by atoms with E-state index in [9.17, 15) is 0 Å². The molecule has 0 bridgehead atoms. The highest BCUT2D eigenvalue weighted by atomic mass is 79.9. The van der Waals surface area contributed by atoms with Crippen LogP contribution in [0.5, 0.6) is 5.75 Å². The predicted molar refractivity (Wildman–Crippen MR) is 70.4 cm³/mol. The fourth-order valence-electron chi connectivity index (χ4n) is 1.28. The quantitative estimate of drug-likeness (QED) is 0.910. The standard InChI is InChI=1S/C11H11BrN4O/c1-17-8-4-2-7(3-5-8)16-11-9(12)10(13)14-6-15-11/h2-6H,1H3,(H3,13,14,15,16). The average Bonchev–Trinajstić information content (AvgIpc) is 2.36. The van der Waals surface area contributed by atoms with Gasteiger partial charge in [-0.15, -0.1) is 0 Å². The Morgan fingerprint density at radius 1 is 1.24 bits per heavy atom. The minimum Gasteiger partial charge on any atom is -0.497 e. The molecule has 0 aliphatic heterocycles. The van der Waals surface area contributed by atoms with Crippen LogP contribution in [0.4, 0.5) is 17.3 Å². The predicted octanol–water partition coefficient (Wildman–Crippen LogP) is 2.57. The molecule has 1 heterocycles. The van der Waals surface area contributed by atoms with E-state index >= 15 is 0 Å². The van der Waals surface area contributed by atoms with E-state index < -0.39 is 0 Å². The lowest BCUT2D eigenvalue weighted by Gasteiger charge is -2.08. The maximum Gasteiger partial charge on any atom is 0.150 e. The van der Waals surface area contributed by atoms with Crippen LogP contribution < -0.4 is 15.8 Å². The van der Waals surface area contributed by atoms with Crippen LogP contribution in [0.15, 0.2) is 35.1 Å². The summed E-state index contributed by atoms with van der Waals surface area (Å²) in [6, 6.07) is 7.51. The molecule has 88 valence electrons. The monoisotopic (exact) mass is 294 g/mol. The van der Waals surface area contributed by atoms with Crippen molar-refractivity contribution in [3.05, 3.63) is 35.1 Å². The number of nitrogens with one attached hydrogen (secondary N) is 1. The zero-order chi connectivity index (χ0) is 12.3. The number of anilines is 3. The molecule has 0 unspecified atom stereocenters. The van der Waals surface area contributed by atoms with Gasteiger partial charge >= 0.3 is 0 Å². The van der Waals surface area contributed by atoms with Crippen LogP contribution in [0.2, 0.25) is 0 Å². The van der Waals surface area contributed by atoms with Gasteiger partial charge in [-0.2, -0.15) is 0 Å². The van der Waals surface area contributed by atoms with Crippen LogP contribution >= 0.6 is 15.9 Å². The molecule has 0 saturated heterocycles. The summed E-state index contributed by atoms with van der Waals surface area (Å²) < 4.78 is 5.73. The summed E-state index contributed by atoms with van der Waals surface area (Å²) in [7, 11) is 1.63. The van der Waals surface area contributed by atoms with E-state index in [0.717, 1.165) is 11.4 Å². The van der Waals surface area contributed by atoms with Gasteiger partial charge < -0.3 is 15.8 Å². The zero-order valence-electron chi connectivity index (χ0n) is 9.14. The van der Waals surface area contributed by atoms with Crippen molar-refractivity contribution in [2.75, 3.05) is 18.2 Å². The number of rotatable bonds is 3. The van der Waals surface area contributed by atoms with Gasteiger partial charge in [-0.25, -0.2) is 9.97 Å². The molecule has 0 spiro atoms. The number of nitrogens with zero attached hydrogens (tertiary/aromatic N) is 2. The molecule has 5 nitrogen and oxygen atoms in total. The van der Waals surface area contributed by atoms with E-state index in [1.807, 2.05) is 24.3 Å². The molecule has 2 rings (SSSR count). The van der Waals surface area contributed by atoms with Crippen LogP contribution in [-0.2, 0) is 0 Å². The number of nitrogens with two attached hydrogens (primary N) is 1. The third kappa shape index (κ3) is 2.65. The summed E-state index contributed by atoms with van der Waals surface area (Å²) >= 11 is 3.33. The molecule has 2 aromatic rings. The minimum atomic E-state index is 0.399. The molecule has 6 heteroatoms. The lowest BCUT2D eigenvalue weighted by Crippen LogP contribution is -1.99. The summed E-state index contributed by atoms with van der Waals surface area (Å²) in [6.45, 7) is 0. The van der Waals surface area contributed by atoms with Gasteiger partial charge in [0.25, 0.3) is 0 Å². The third-order valence-electron chi connectivity index (χ3n) is 2.17. The van der Waals surface area contributed by atoms with E-state index in [1.54, 1.807) is 7.11 Å². The van der Waals surface area contributed by atoms with Gasteiger partial charge in [-0.05, 0) is 40.2 Å². The Balaban J connectivity index is 2.22. The molecular formula is C11H11BrN4O. The Labute approximate surface area is 107 Å². The number of halogens is 1. The van der Waals surface area contributed by atoms with Crippen LogP contribution in [0.25, 0.3) is 0 Å². The van der Waals surface area contributed by atoms with Crippen LogP contribution in [-0.4, -0.2) is 17.1 Å². The van der Waals surface area contributed by atoms with Gasteiger partial charge in [-0.1, -0.05) is 0 Å². The fraction of sp³-hybridized carbons (Fsp3) is 0.0909. The highest BCUT2D eigenvalue weighted by Crippen LogP contribution is 2.27. The number of nitrogen functional groups attached to an aromatic ring is 1. The smallest absolute Gasteiger partial charge is 0.150 e. The normalized spacial score (nSPS) is 10.0. The second-order valence-corrected chi connectivity index (χ2v) is 4.07.